The van der Waals surface area contributed by atoms with Crippen molar-refractivity contribution in [3.8, 4) is 0 Å². The second-order valence-corrected chi connectivity index (χ2v) is 6.40. The van der Waals surface area contributed by atoms with E-state index >= 15 is 0 Å². The van der Waals surface area contributed by atoms with Crippen LogP contribution in [0.25, 0.3) is 0 Å². The quantitative estimate of drug-likeness (QED) is 0.361. The van der Waals surface area contributed by atoms with Crippen molar-refractivity contribution in [1.82, 2.24) is 0 Å². The zero-order valence-electron chi connectivity index (χ0n) is 12.9. The molecule has 1 amide bonds. The second kappa shape index (κ2) is 7.93. The van der Waals surface area contributed by atoms with E-state index in [1.54, 1.807) is 43.0 Å². The summed E-state index contributed by atoms with van der Waals surface area (Å²) in [5, 5.41) is 13.3. The van der Waals surface area contributed by atoms with Crippen LogP contribution >= 0.6 is 23.1 Å². The summed E-state index contributed by atoms with van der Waals surface area (Å²) in [6, 6.07) is 7.99. The summed E-state index contributed by atoms with van der Waals surface area (Å²) in [7, 11) is 0. The van der Waals surface area contributed by atoms with Gasteiger partial charge in [-0.2, -0.15) is 0 Å². The van der Waals surface area contributed by atoms with Crippen LogP contribution in [0.2, 0.25) is 0 Å². The van der Waals surface area contributed by atoms with Crippen molar-refractivity contribution in [2.75, 3.05) is 18.2 Å². The lowest BCUT2D eigenvalue weighted by molar-refractivity contribution is -0.380. The molecule has 0 saturated heterocycles. The number of carbonyl (C=O) groups excluding carboxylic acids is 2. The number of thiophene rings is 1. The summed E-state index contributed by atoms with van der Waals surface area (Å²) in [6.45, 7) is 1.76. The van der Waals surface area contributed by atoms with Crippen molar-refractivity contribution in [3.63, 3.8) is 0 Å². The van der Waals surface area contributed by atoms with E-state index in [0.717, 1.165) is 11.0 Å². The molecule has 126 valence electrons. The van der Waals surface area contributed by atoms with Gasteiger partial charge in [0.05, 0.1) is 11.5 Å². The summed E-state index contributed by atoms with van der Waals surface area (Å²) in [4.78, 5) is 35.5. The molecule has 0 saturated carbocycles. The number of thioether (sulfide) groups is 1. The molecule has 1 N–H and O–H groups in total. The number of anilines is 1. The number of nitro groups is 1. The number of nitrogens with one attached hydrogen (secondary N) is 1. The standard InChI is InChI=1S/C15H14N2O5S2/c1-3-22-15(19)11-8-12(17(20)21)24-14(11)16-13(18)9-4-6-10(23-2)7-5-9/h4-8H,3H2,1-2H3,(H,16,18). The van der Waals surface area contributed by atoms with E-state index in [0.29, 0.717) is 16.9 Å². The first-order chi connectivity index (χ1) is 11.5. The molecule has 7 nitrogen and oxygen atoms in total. The summed E-state index contributed by atoms with van der Waals surface area (Å²) in [6.07, 6.45) is 1.92. The van der Waals surface area contributed by atoms with Crippen LogP contribution in [0.4, 0.5) is 10.0 Å². The van der Waals surface area contributed by atoms with E-state index in [9.17, 15) is 19.7 Å². The predicted molar refractivity (Wildman–Crippen MR) is 93.1 cm³/mol. The molecule has 0 aliphatic rings. The van der Waals surface area contributed by atoms with Crippen molar-refractivity contribution in [1.29, 1.82) is 0 Å². The number of benzene rings is 1. The number of hydrogen-bond donors (Lipinski definition) is 1. The maximum Gasteiger partial charge on any atom is 0.341 e. The fraction of sp³-hybridized carbons (Fsp3) is 0.200. The predicted octanol–water partition coefficient (Wildman–Crippen LogP) is 3.81. The van der Waals surface area contributed by atoms with Gasteiger partial charge >= 0.3 is 11.0 Å². The highest BCUT2D eigenvalue weighted by atomic mass is 32.2. The highest BCUT2D eigenvalue weighted by Crippen LogP contribution is 2.34. The van der Waals surface area contributed by atoms with Gasteiger partial charge in [-0.3, -0.25) is 14.9 Å². The Bertz CT molecular complexity index is 771. The minimum absolute atomic E-state index is 0.0253. The third-order valence-corrected chi connectivity index (χ3v) is 4.72. The maximum absolute atomic E-state index is 12.3. The van der Waals surface area contributed by atoms with Gasteiger partial charge in [0, 0.05) is 16.5 Å². The zero-order valence-corrected chi connectivity index (χ0v) is 14.5. The summed E-state index contributed by atoms with van der Waals surface area (Å²) in [5.41, 5.74) is 0.362. The first kappa shape index (κ1) is 18.0. The number of rotatable bonds is 6. The number of nitrogens with zero attached hydrogens (tertiary/aromatic N) is 1. The van der Waals surface area contributed by atoms with Crippen LogP contribution < -0.4 is 5.32 Å². The minimum atomic E-state index is -0.713. The smallest absolute Gasteiger partial charge is 0.341 e. The molecule has 0 atom stereocenters. The Labute approximate surface area is 146 Å². The number of esters is 1. The van der Waals surface area contributed by atoms with Crippen LogP contribution in [0.5, 0.6) is 0 Å². The first-order valence-corrected chi connectivity index (χ1v) is 8.91. The lowest BCUT2D eigenvalue weighted by Crippen LogP contribution is -2.14. The number of amides is 1. The summed E-state index contributed by atoms with van der Waals surface area (Å²) in [5.74, 6) is -1.17. The molecule has 9 heteroatoms. The molecular formula is C15H14N2O5S2. The molecule has 0 bridgehead atoms. The Balaban J connectivity index is 2.27. The van der Waals surface area contributed by atoms with Gasteiger partial charge in [0.15, 0.2) is 0 Å². The zero-order chi connectivity index (χ0) is 17.7. The third kappa shape index (κ3) is 4.12. The van der Waals surface area contributed by atoms with Gasteiger partial charge in [-0.1, -0.05) is 0 Å². The molecule has 2 rings (SSSR count). The van der Waals surface area contributed by atoms with E-state index in [-0.39, 0.29) is 22.2 Å². The van der Waals surface area contributed by atoms with Crippen LogP contribution in [0, 0.1) is 10.1 Å². The van der Waals surface area contributed by atoms with Gasteiger partial charge in [0.2, 0.25) is 0 Å². The van der Waals surface area contributed by atoms with Crippen molar-refractivity contribution in [2.24, 2.45) is 0 Å². The molecule has 0 aliphatic heterocycles. The number of hydrogen-bond acceptors (Lipinski definition) is 7. The van der Waals surface area contributed by atoms with Gasteiger partial charge < -0.3 is 10.1 Å². The molecule has 0 radical (unpaired) electrons. The van der Waals surface area contributed by atoms with Gasteiger partial charge in [0.25, 0.3) is 5.91 Å². The normalized spacial score (nSPS) is 10.2. The molecule has 0 spiro atoms. The molecule has 1 heterocycles. The van der Waals surface area contributed by atoms with E-state index in [4.69, 9.17) is 4.74 Å². The fourth-order valence-electron chi connectivity index (χ4n) is 1.84. The lowest BCUT2D eigenvalue weighted by atomic mass is 10.2. The fourth-order valence-corrected chi connectivity index (χ4v) is 3.10. The van der Waals surface area contributed by atoms with Crippen LogP contribution in [-0.4, -0.2) is 29.7 Å². The van der Waals surface area contributed by atoms with Crippen LogP contribution in [0.15, 0.2) is 35.2 Å². The summed E-state index contributed by atoms with van der Waals surface area (Å²) >= 11 is 2.26. The Morgan fingerprint density at radius 2 is 2.00 bits per heavy atom. The van der Waals surface area contributed by atoms with Gasteiger partial charge in [0.1, 0.15) is 10.6 Å². The monoisotopic (exact) mass is 366 g/mol. The lowest BCUT2D eigenvalue weighted by Gasteiger charge is -2.06. The Kier molecular flexibility index (Phi) is 5.93. The molecule has 1 aromatic carbocycles. The maximum atomic E-state index is 12.3. The number of carbonyl (C=O) groups is 2. The molecule has 0 unspecified atom stereocenters. The van der Waals surface area contributed by atoms with Gasteiger partial charge in [-0.15, -0.1) is 11.8 Å². The van der Waals surface area contributed by atoms with Crippen LogP contribution in [0.1, 0.15) is 27.6 Å². The molecule has 0 aliphatic carbocycles. The molecular weight excluding hydrogens is 352 g/mol. The molecule has 2 aromatic rings. The largest absolute Gasteiger partial charge is 0.462 e. The summed E-state index contributed by atoms with van der Waals surface area (Å²) < 4.78 is 4.87. The van der Waals surface area contributed by atoms with Crippen LogP contribution in [0.3, 0.4) is 0 Å². The Morgan fingerprint density at radius 1 is 1.33 bits per heavy atom. The molecule has 24 heavy (non-hydrogen) atoms. The Hall–Kier alpha value is -2.39. The van der Waals surface area contributed by atoms with E-state index in [2.05, 4.69) is 5.32 Å². The third-order valence-electron chi connectivity index (χ3n) is 2.97. The van der Waals surface area contributed by atoms with Crippen molar-refractivity contribution >= 4 is 45.0 Å². The van der Waals surface area contributed by atoms with Gasteiger partial charge in [-0.05, 0) is 48.8 Å². The first-order valence-electron chi connectivity index (χ1n) is 6.87. The second-order valence-electron chi connectivity index (χ2n) is 4.49. The molecule has 1 aromatic heterocycles. The average Bonchev–Trinajstić information content (AvgIpc) is 2.99. The van der Waals surface area contributed by atoms with E-state index in [1.807, 2.05) is 6.26 Å². The van der Waals surface area contributed by atoms with Crippen molar-refractivity contribution in [2.45, 2.75) is 11.8 Å². The SMILES string of the molecule is CCOC(=O)c1cc([N+](=O)[O-])sc1NC(=O)c1ccc(SC)cc1. The highest BCUT2D eigenvalue weighted by Gasteiger charge is 2.24. The minimum Gasteiger partial charge on any atom is -0.462 e. The van der Waals surface area contributed by atoms with Crippen molar-refractivity contribution in [3.05, 3.63) is 51.6 Å². The Morgan fingerprint density at radius 3 is 2.54 bits per heavy atom. The topological polar surface area (TPSA) is 98.5 Å². The highest BCUT2D eigenvalue weighted by molar-refractivity contribution is 7.98. The van der Waals surface area contributed by atoms with E-state index < -0.39 is 16.8 Å². The molecule has 0 fully saturated rings. The van der Waals surface area contributed by atoms with Crippen molar-refractivity contribution < 1.29 is 19.2 Å². The number of ether oxygens (including phenoxy) is 1. The van der Waals surface area contributed by atoms with Gasteiger partial charge in [-0.25, -0.2) is 4.79 Å². The average molecular weight is 366 g/mol. The van der Waals surface area contributed by atoms with Crippen LogP contribution in [-0.2, 0) is 4.74 Å². The van der Waals surface area contributed by atoms with E-state index in [1.165, 1.54) is 0 Å².